The third-order valence-corrected chi connectivity index (χ3v) is 5.63. The molecule has 0 atom stereocenters. The fraction of sp³-hybridized carbons (Fsp3) is 0.400. The number of hydrogen-bond acceptors (Lipinski definition) is 3. The molecule has 2 rings (SSSR count). The smallest absolute Gasteiger partial charge is 0.907 e. The van der Waals surface area contributed by atoms with E-state index >= 15 is 0 Å². The Morgan fingerprint density at radius 2 is 0.846 bits per heavy atom. The van der Waals surface area contributed by atoms with Gasteiger partial charge in [0.1, 0.15) is 0 Å². The number of benzene rings is 2. The highest BCUT2D eigenvalue weighted by Gasteiger charge is 2.17. The summed E-state index contributed by atoms with van der Waals surface area (Å²) in [5, 5.41) is 25.2. The van der Waals surface area contributed by atoms with Gasteiger partial charge in [-0.1, -0.05) is 60.7 Å². The summed E-state index contributed by atoms with van der Waals surface area (Å²) < 4.78 is 0. The monoisotopic (exact) mass is 394 g/mol. The van der Waals surface area contributed by atoms with Crippen molar-refractivity contribution in [3.05, 3.63) is 71.8 Å². The molecule has 0 heterocycles. The highest BCUT2D eigenvalue weighted by Crippen LogP contribution is 2.50. The Hall–Kier alpha value is -0.755. The molecule has 0 saturated carbocycles. The van der Waals surface area contributed by atoms with Gasteiger partial charge < -0.3 is 15.1 Å². The Labute approximate surface area is 162 Å². The first kappa shape index (κ1) is 25.2. The molecular weight excluding hydrogens is 361 g/mol. The van der Waals surface area contributed by atoms with Crippen LogP contribution in [-0.4, -0.2) is 47.3 Å². The second-order valence-corrected chi connectivity index (χ2v) is 18.0. The molecule has 0 radical (unpaired) electrons. The molecule has 0 N–H and O–H groups in total. The Bertz CT molecular complexity index is 531. The zero-order valence-corrected chi connectivity index (χ0v) is 18.7. The van der Waals surface area contributed by atoms with Gasteiger partial charge in [0.15, 0.2) is 0 Å². The van der Waals surface area contributed by atoms with Crippen LogP contribution in [0.4, 0.5) is 0 Å². The second kappa shape index (κ2) is 12.6. The zero-order valence-electron chi connectivity index (χ0n) is 17.9. The van der Waals surface area contributed by atoms with Crippen LogP contribution in [0.3, 0.4) is 0 Å². The lowest BCUT2D eigenvalue weighted by Gasteiger charge is -2.35. The Morgan fingerprint density at radius 1 is 0.615 bits per heavy atom. The van der Waals surface area contributed by atoms with E-state index in [1.54, 1.807) is 0 Å². The molecule has 0 aromatic heterocycles. The van der Waals surface area contributed by atoms with Crippen molar-refractivity contribution >= 4 is 21.8 Å². The predicted molar refractivity (Wildman–Crippen MR) is 117 cm³/mol. The summed E-state index contributed by atoms with van der Waals surface area (Å²) in [6.07, 6.45) is 2.54. The van der Waals surface area contributed by atoms with Gasteiger partial charge >= 0.3 is 1.43 Å². The van der Waals surface area contributed by atoms with Gasteiger partial charge in [-0.3, -0.25) is 7.32 Å². The molecule has 0 unspecified atom stereocenters. The molecule has 3 nitrogen and oxygen atoms in total. The summed E-state index contributed by atoms with van der Waals surface area (Å²) in [7, 11) is -4.19. The Morgan fingerprint density at radius 3 is 1.04 bits per heavy atom. The molecule has 2 aromatic carbocycles. The lowest BCUT2D eigenvalue weighted by atomic mass is 10.2. The minimum atomic E-state index is -2.92. The molecule has 0 aliphatic carbocycles. The van der Waals surface area contributed by atoms with Crippen LogP contribution < -0.4 is 15.1 Å². The van der Waals surface area contributed by atoms with Crippen molar-refractivity contribution in [1.82, 2.24) is 0 Å². The van der Waals surface area contributed by atoms with Gasteiger partial charge in [-0.2, -0.15) is 0 Å². The lowest BCUT2D eigenvalue weighted by Crippen LogP contribution is -2.56. The van der Waals surface area contributed by atoms with Gasteiger partial charge in [0, 0.05) is 54.5 Å². The molecule has 2 aromatic rings. The van der Waals surface area contributed by atoms with Gasteiger partial charge in [0.25, 0.3) is 0 Å². The van der Waals surface area contributed by atoms with E-state index < -0.39 is 21.8 Å². The van der Waals surface area contributed by atoms with Crippen molar-refractivity contribution < 1.29 is 16.5 Å². The van der Waals surface area contributed by atoms with Crippen molar-refractivity contribution in [3.8, 4) is 0 Å². The van der Waals surface area contributed by atoms with Gasteiger partial charge in [-0.05, 0) is 11.1 Å². The number of hydrogen-bond donors (Lipinski definition) is 0. The van der Waals surface area contributed by atoms with E-state index in [-0.39, 0.29) is 1.43 Å². The van der Waals surface area contributed by atoms with Gasteiger partial charge in [-0.15, -0.1) is 0 Å². The summed E-state index contributed by atoms with van der Waals surface area (Å²) in [6, 6.07) is 21.5. The normalized spacial score (nSPS) is 10.8. The standard InChI is InChI=1S/2C10H16P.BO3/c2*1-11(2,3)9-10-7-5-4-6-8-10;2-1(3)4/h2*4-8H,9H2,1-3H3;/q2*+1;-3/p+1. The van der Waals surface area contributed by atoms with Crippen LogP contribution in [0.2, 0.25) is 0 Å². The molecule has 0 fully saturated rings. The van der Waals surface area contributed by atoms with Gasteiger partial charge in [0.05, 0.1) is 12.3 Å². The average Bonchev–Trinajstić information content (AvgIpc) is 2.46. The number of rotatable bonds is 4. The first-order valence-electron chi connectivity index (χ1n) is 8.55. The van der Waals surface area contributed by atoms with Crippen LogP contribution in [0, 0.1) is 0 Å². The van der Waals surface area contributed by atoms with Crippen LogP contribution in [0.1, 0.15) is 12.6 Å². The largest absolute Gasteiger partial charge is 1.00 e. The molecule has 0 bridgehead atoms. The highest BCUT2D eigenvalue weighted by atomic mass is 31.2. The van der Waals surface area contributed by atoms with Gasteiger partial charge in [-0.25, -0.2) is 0 Å². The lowest BCUT2D eigenvalue weighted by molar-refractivity contribution is -0.479. The van der Waals surface area contributed by atoms with E-state index in [0.29, 0.717) is 0 Å². The predicted octanol–water partition coefficient (Wildman–Crippen LogP) is 2.35. The summed E-state index contributed by atoms with van der Waals surface area (Å²) in [4.78, 5) is 0. The van der Waals surface area contributed by atoms with E-state index in [9.17, 15) is 0 Å². The van der Waals surface area contributed by atoms with Crippen molar-refractivity contribution in [2.45, 2.75) is 12.3 Å². The van der Waals surface area contributed by atoms with Crippen LogP contribution in [0.15, 0.2) is 60.7 Å². The van der Waals surface area contributed by atoms with Crippen LogP contribution in [-0.2, 0) is 12.3 Å². The van der Waals surface area contributed by atoms with Gasteiger partial charge in [0.2, 0.25) is 0 Å². The fourth-order valence-corrected chi connectivity index (χ4v) is 4.87. The quantitative estimate of drug-likeness (QED) is 0.591. The van der Waals surface area contributed by atoms with E-state index in [4.69, 9.17) is 15.1 Å². The first-order chi connectivity index (χ1) is 11.9. The molecule has 0 spiro atoms. The second-order valence-electron chi connectivity index (χ2n) is 8.16. The molecule has 26 heavy (non-hydrogen) atoms. The minimum Gasteiger partial charge on any atom is -0.907 e. The van der Waals surface area contributed by atoms with Crippen LogP contribution >= 0.6 is 14.5 Å². The molecule has 0 aliphatic rings. The van der Waals surface area contributed by atoms with Crippen LogP contribution in [0.5, 0.6) is 0 Å². The molecule has 0 aliphatic heterocycles. The maximum atomic E-state index is 8.42. The van der Waals surface area contributed by atoms with Crippen molar-refractivity contribution in [3.63, 3.8) is 0 Å². The van der Waals surface area contributed by atoms with Crippen LogP contribution in [0.25, 0.3) is 0 Å². The summed E-state index contributed by atoms with van der Waals surface area (Å²) in [5.41, 5.74) is 2.96. The van der Waals surface area contributed by atoms with Crippen molar-refractivity contribution in [2.24, 2.45) is 0 Å². The Kier molecular flexibility index (Phi) is 12.2. The van der Waals surface area contributed by atoms with Crippen molar-refractivity contribution in [1.29, 1.82) is 0 Å². The molecule has 6 heteroatoms. The summed E-state index contributed by atoms with van der Waals surface area (Å²) >= 11 is 0. The molecule has 144 valence electrons. The third kappa shape index (κ3) is 18.0. The first-order valence-corrected chi connectivity index (χ1v) is 15.2. The van der Waals surface area contributed by atoms with E-state index in [1.165, 1.54) is 23.5 Å². The maximum Gasteiger partial charge on any atom is 1.00 e. The summed E-state index contributed by atoms with van der Waals surface area (Å²) in [6.45, 7) is 14.2. The van der Waals surface area contributed by atoms with E-state index in [1.807, 2.05) is 0 Å². The fourth-order valence-electron chi connectivity index (χ4n) is 2.26. The molecule has 0 amide bonds. The maximum absolute atomic E-state index is 8.42. The summed E-state index contributed by atoms with van der Waals surface area (Å²) in [5.74, 6) is 0. The third-order valence-electron chi connectivity index (χ3n) is 3.00. The SMILES string of the molecule is C[P+](C)(C)Cc1ccccc1.C[P+](C)(C)Cc1ccccc1.[H+].[O-]B([O-])[O-]. The molecular formula is C20H33BO3P2. The highest BCUT2D eigenvalue weighted by molar-refractivity contribution is 7.73. The average molecular weight is 394 g/mol. The minimum absolute atomic E-state index is 0. The van der Waals surface area contributed by atoms with Crippen molar-refractivity contribution in [2.75, 3.05) is 40.0 Å². The van der Waals surface area contributed by atoms with E-state index in [0.717, 1.165) is 0 Å². The zero-order chi connectivity index (χ0) is 20.2. The molecule has 0 saturated heterocycles. The topological polar surface area (TPSA) is 69.2 Å². The van der Waals surface area contributed by atoms with E-state index in [2.05, 4.69) is 101 Å². The Balaban J connectivity index is 0.